The zero-order chi connectivity index (χ0) is 16.5. The minimum Gasteiger partial charge on any atom is -0.241 e. The Morgan fingerprint density at radius 1 is 0.917 bits per heavy atom. The molecule has 0 saturated heterocycles. The molecule has 0 aliphatic rings. The van der Waals surface area contributed by atoms with Gasteiger partial charge in [-0.25, -0.2) is 4.98 Å². The van der Waals surface area contributed by atoms with E-state index < -0.39 is 0 Å². The van der Waals surface area contributed by atoms with E-state index in [1.54, 1.807) is 4.68 Å². The first-order valence-electron chi connectivity index (χ1n) is 7.61. The molecule has 6 heteroatoms. The zero-order valence-corrected chi connectivity index (χ0v) is 14.2. The van der Waals surface area contributed by atoms with E-state index in [1.807, 2.05) is 36.4 Å². The summed E-state index contributed by atoms with van der Waals surface area (Å²) in [5.41, 5.74) is 4.33. The molecule has 0 fully saturated rings. The van der Waals surface area contributed by atoms with Crippen LogP contribution in [0.2, 0.25) is 0 Å². The van der Waals surface area contributed by atoms with Crippen molar-refractivity contribution >= 4 is 22.7 Å². The predicted octanol–water partition coefficient (Wildman–Crippen LogP) is 3.98. The molecule has 118 valence electrons. The minimum absolute atomic E-state index is 0.700. The third-order valence-electron chi connectivity index (χ3n) is 4.01. The number of nitrogens with zero attached hydrogens (tertiary/aromatic N) is 5. The van der Waals surface area contributed by atoms with Gasteiger partial charge in [-0.05, 0) is 65.4 Å². The van der Waals surface area contributed by atoms with Crippen LogP contribution in [0.15, 0.2) is 64.8 Å². The maximum Gasteiger partial charge on any atom is 0.220 e. The van der Waals surface area contributed by atoms with Crippen molar-refractivity contribution in [3.8, 4) is 5.69 Å². The molecule has 0 spiro atoms. The van der Waals surface area contributed by atoms with E-state index in [2.05, 4.69) is 52.6 Å². The molecule has 0 atom stereocenters. The van der Waals surface area contributed by atoms with E-state index in [9.17, 15) is 0 Å². The van der Waals surface area contributed by atoms with Crippen LogP contribution in [0.25, 0.3) is 16.6 Å². The molecule has 0 amide bonds. The first-order valence-corrected chi connectivity index (χ1v) is 8.42. The lowest BCUT2D eigenvalue weighted by Crippen LogP contribution is -2.02. The Labute approximate surface area is 143 Å². The largest absolute Gasteiger partial charge is 0.241 e. The molecule has 2 aromatic heterocycles. The van der Waals surface area contributed by atoms with Gasteiger partial charge in [0.1, 0.15) is 5.03 Å². The second-order valence-corrected chi connectivity index (χ2v) is 6.52. The average molecular weight is 333 g/mol. The summed E-state index contributed by atoms with van der Waals surface area (Å²) in [5.74, 6) is 0. The van der Waals surface area contributed by atoms with E-state index >= 15 is 0 Å². The van der Waals surface area contributed by atoms with Crippen molar-refractivity contribution in [1.29, 1.82) is 0 Å². The Morgan fingerprint density at radius 3 is 2.71 bits per heavy atom. The molecule has 2 heterocycles. The van der Waals surface area contributed by atoms with Crippen molar-refractivity contribution in [2.24, 2.45) is 0 Å². The molecule has 5 nitrogen and oxygen atoms in total. The standard InChI is InChI=1S/C18H15N5S/c1-12-6-5-9-16(13(12)2)23-18(20-21-22-23)24-17-11-10-14-7-3-4-8-15(14)19-17/h3-11H,1-2H3. The van der Waals surface area contributed by atoms with Crippen LogP contribution in [0.5, 0.6) is 0 Å². The third kappa shape index (κ3) is 2.65. The normalized spacial score (nSPS) is 11.1. The van der Waals surface area contributed by atoms with Crippen LogP contribution in [0.3, 0.4) is 0 Å². The van der Waals surface area contributed by atoms with Crippen molar-refractivity contribution in [2.45, 2.75) is 24.0 Å². The molecule has 0 aliphatic heterocycles. The second-order valence-electron chi connectivity index (χ2n) is 5.54. The molecule has 4 rings (SSSR count). The van der Waals surface area contributed by atoms with E-state index in [-0.39, 0.29) is 0 Å². The monoisotopic (exact) mass is 333 g/mol. The number of para-hydroxylation sites is 1. The van der Waals surface area contributed by atoms with Crippen LogP contribution < -0.4 is 0 Å². The van der Waals surface area contributed by atoms with Crippen LogP contribution in [0, 0.1) is 13.8 Å². The van der Waals surface area contributed by atoms with E-state index in [4.69, 9.17) is 0 Å². The van der Waals surface area contributed by atoms with Crippen LogP contribution in [0.4, 0.5) is 0 Å². The molecule has 24 heavy (non-hydrogen) atoms. The summed E-state index contributed by atoms with van der Waals surface area (Å²) in [7, 11) is 0. The fourth-order valence-corrected chi connectivity index (χ4v) is 3.32. The lowest BCUT2D eigenvalue weighted by molar-refractivity contribution is 0.750. The number of aromatic nitrogens is 5. The number of hydrogen-bond donors (Lipinski definition) is 0. The van der Waals surface area contributed by atoms with E-state index in [0.717, 1.165) is 27.2 Å². The van der Waals surface area contributed by atoms with Crippen molar-refractivity contribution in [2.75, 3.05) is 0 Å². The number of rotatable bonds is 3. The van der Waals surface area contributed by atoms with Gasteiger partial charge in [0, 0.05) is 5.39 Å². The number of tetrazole rings is 1. The van der Waals surface area contributed by atoms with Crippen molar-refractivity contribution in [1.82, 2.24) is 25.2 Å². The van der Waals surface area contributed by atoms with Crippen LogP contribution in [0.1, 0.15) is 11.1 Å². The molecule has 0 saturated carbocycles. The predicted molar refractivity (Wildman–Crippen MR) is 94.5 cm³/mol. The van der Waals surface area contributed by atoms with Gasteiger partial charge in [0.15, 0.2) is 0 Å². The quantitative estimate of drug-likeness (QED) is 0.567. The Kier molecular flexibility index (Phi) is 3.74. The first-order chi connectivity index (χ1) is 11.7. The molecule has 2 aromatic carbocycles. The first kappa shape index (κ1) is 14.8. The number of pyridine rings is 1. The summed E-state index contributed by atoms with van der Waals surface area (Å²) in [4.78, 5) is 4.68. The van der Waals surface area contributed by atoms with Gasteiger partial charge in [-0.2, -0.15) is 4.68 Å². The van der Waals surface area contributed by atoms with Crippen molar-refractivity contribution in [3.05, 3.63) is 65.7 Å². The fourth-order valence-electron chi connectivity index (χ4n) is 2.56. The van der Waals surface area contributed by atoms with Gasteiger partial charge < -0.3 is 0 Å². The van der Waals surface area contributed by atoms with Gasteiger partial charge in [-0.15, -0.1) is 5.10 Å². The molecular weight excluding hydrogens is 318 g/mol. The Hall–Kier alpha value is -2.73. The zero-order valence-electron chi connectivity index (χ0n) is 13.3. The Balaban J connectivity index is 1.73. The highest BCUT2D eigenvalue weighted by molar-refractivity contribution is 7.99. The van der Waals surface area contributed by atoms with E-state index in [1.165, 1.54) is 17.3 Å². The van der Waals surface area contributed by atoms with Gasteiger partial charge in [0.25, 0.3) is 0 Å². The molecule has 0 unspecified atom stereocenters. The molecule has 0 radical (unpaired) electrons. The lowest BCUT2D eigenvalue weighted by atomic mass is 10.1. The van der Waals surface area contributed by atoms with Gasteiger partial charge in [0.05, 0.1) is 11.2 Å². The van der Waals surface area contributed by atoms with Gasteiger partial charge in [0.2, 0.25) is 5.16 Å². The summed E-state index contributed by atoms with van der Waals surface area (Å²) < 4.78 is 1.77. The minimum atomic E-state index is 0.700. The Morgan fingerprint density at radius 2 is 1.79 bits per heavy atom. The molecule has 4 aromatic rings. The summed E-state index contributed by atoms with van der Waals surface area (Å²) in [6.07, 6.45) is 0. The average Bonchev–Trinajstić information content (AvgIpc) is 3.05. The summed E-state index contributed by atoms with van der Waals surface area (Å²) in [6, 6.07) is 18.2. The molecule has 0 N–H and O–H groups in total. The summed E-state index contributed by atoms with van der Waals surface area (Å²) >= 11 is 1.46. The van der Waals surface area contributed by atoms with Crippen LogP contribution in [-0.4, -0.2) is 25.2 Å². The fraction of sp³-hybridized carbons (Fsp3) is 0.111. The number of benzene rings is 2. The molecule has 0 aliphatic carbocycles. The number of hydrogen-bond acceptors (Lipinski definition) is 5. The van der Waals surface area contributed by atoms with Crippen molar-refractivity contribution < 1.29 is 0 Å². The van der Waals surface area contributed by atoms with Gasteiger partial charge >= 0.3 is 0 Å². The third-order valence-corrected chi connectivity index (χ3v) is 4.89. The molecular formula is C18H15N5S. The van der Waals surface area contributed by atoms with Gasteiger partial charge in [-0.1, -0.05) is 36.4 Å². The number of aryl methyl sites for hydroxylation is 1. The topological polar surface area (TPSA) is 56.5 Å². The summed E-state index contributed by atoms with van der Waals surface area (Å²) in [6.45, 7) is 4.16. The smallest absolute Gasteiger partial charge is 0.220 e. The summed E-state index contributed by atoms with van der Waals surface area (Å²) in [5, 5.41) is 14.9. The van der Waals surface area contributed by atoms with Crippen LogP contribution >= 0.6 is 11.8 Å². The van der Waals surface area contributed by atoms with Crippen LogP contribution in [-0.2, 0) is 0 Å². The highest BCUT2D eigenvalue weighted by Crippen LogP contribution is 2.28. The lowest BCUT2D eigenvalue weighted by Gasteiger charge is -2.09. The highest BCUT2D eigenvalue weighted by atomic mass is 32.2. The van der Waals surface area contributed by atoms with E-state index in [0.29, 0.717) is 5.16 Å². The maximum atomic E-state index is 4.68. The SMILES string of the molecule is Cc1cccc(-n2nnnc2Sc2ccc3ccccc3n2)c1C. The highest BCUT2D eigenvalue weighted by Gasteiger charge is 2.13. The van der Waals surface area contributed by atoms with Gasteiger partial charge in [-0.3, -0.25) is 0 Å². The Bertz CT molecular complexity index is 1020. The number of fused-ring (bicyclic) bond motifs is 1. The maximum absolute atomic E-state index is 4.68. The molecule has 0 bridgehead atoms. The van der Waals surface area contributed by atoms with Crippen molar-refractivity contribution in [3.63, 3.8) is 0 Å². The second kappa shape index (κ2) is 6.05.